The van der Waals surface area contributed by atoms with Crippen LogP contribution in [-0.2, 0) is 6.54 Å². The number of rotatable bonds is 8. The van der Waals surface area contributed by atoms with Crippen molar-refractivity contribution in [3.63, 3.8) is 0 Å². The molecule has 0 heterocycles. The third-order valence-corrected chi connectivity index (χ3v) is 3.92. The minimum atomic E-state index is -1.07. The minimum Gasteiger partial charge on any atom is -0.493 e. The number of aromatic carboxylic acids is 1. The lowest BCUT2D eigenvalue weighted by Gasteiger charge is -2.14. The second kappa shape index (κ2) is 8.65. The molecule has 0 bridgehead atoms. The third kappa shape index (κ3) is 4.81. The predicted molar refractivity (Wildman–Crippen MR) is 99.4 cm³/mol. The van der Waals surface area contributed by atoms with Gasteiger partial charge >= 0.3 is 5.97 Å². The molecule has 0 aliphatic heterocycles. The van der Waals surface area contributed by atoms with E-state index >= 15 is 0 Å². The van der Waals surface area contributed by atoms with Crippen LogP contribution in [0.1, 0.15) is 15.9 Å². The molecular formula is C18H17Cl2NO4. The number of methoxy groups -OCH3 is 1. The van der Waals surface area contributed by atoms with E-state index in [2.05, 4.69) is 11.9 Å². The number of ether oxygens (including phenoxy) is 2. The zero-order chi connectivity index (χ0) is 18.4. The Kier molecular flexibility index (Phi) is 6.56. The average molecular weight is 382 g/mol. The summed E-state index contributed by atoms with van der Waals surface area (Å²) < 4.78 is 10.8. The van der Waals surface area contributed by atoms with Crippen LogP contribution in [0, 0.1) is 0 Å². The van der Waals surface area contributed by atoms with Crippen LogP contribution < -0.4 is 14.8 Å². The monoisotopic (exact) mass is 381 g/mol. The standard InChI is InChI=1S/C18H17Cl2NO4/c1-3-6-25-17-15(20)7-11(8-16(17)24-2)10-21-12-4-5-13(18(22)23)14(19)9-12/h3-5,7-9,21H,1,6,10H2,2H3,(H,22,23). The second-order valence-corrected chi connectivity index (χ2v) is 5.88. The molecule has 0 aliphatic carbocycles. The number of carbonyl (C=O) groups is 1. The van der Waals surface area contributed by atoms with Crippen LogP contribution in [0.2, 0.25) is 10.0 Å². The molecule has 0 atom stereocenters. The molecule has 0 spiro atoms. The first-order chi connectivity index (χ1) is 12.0. The molecular weight excluding hydrogens is 365 g/mol. The van der Waals surface area contributed by atoms with Gasteiger partial charge in [-0.25, -0.2) is 4.79 Å². The van der Waals surface area contributed by atoms with Crippen molar-refractivity contribution in [2.75, 3.05) is 19.0 Å². The highest BCUT2D eigenvalue weighted by Gasteiger charge is 2.12. The number of hydrogen-bond donors (Lipinski definition) is 2. The number of benzene rings is 2. The van der Waals surface area contributed by atoms with E-state index in [9.17, 15) is 4.79 Å². The first-order valence-corrected chi connectivity index (χ1v) is 8.08. The van der Waals surface area contributed by atoms with E-state index in [0.717, 1.165) is 5.56 Å². The Bertz CT molecular complexity index is 793. The fourth-order valence-corrected chi connectivity index (χ4v) is 2.71. The summed E-state index contributed by atoms with van der Waals surface area (Å²) in [6, 6.07) is 8.24. The van der Waals surface area contributed by atoms with Crippen molar-refractivity contribution in [3.05, 3.63) is 64.2 Å². The third-order valence-electron chi connectivity index (χ3n) is 3.33. The Hall–Kier alpha value is -2.37. The number of carboxylic acid groups (broad SMARTS) is 1. The van der Waals surface area contributed by atoms with Crippen molar-refractivity contribution in [1.82, 2.24) is 0 Å². The van der Waals surface area contributed by atoms with Gasteiger partial charge in [-0.2, -0.15) is 0 Å². The predicted octanol–water partition coefficient (Wildman–Crippen LogP) is 4.88. The van der Waals surface area contributed by atoms with Gasteiger partial charge in [-0.05, 0) is 35.9 Å². The molecule has 0 radical (unpaired) electrons. The molecule has 0 amide bonds. The first kappa shape index (κ1) is 19.0. The molecule has 132 valence electrons. The van der Waals surface area contributed by atoms with Crippen LogP contribution in [0.3, 0.4) is 0 Å². The maximum Gasteiger partial charge on any atom is 0.337 e. The van der Waals surface area contributed by atoms with Crippen LogP contribution >= 0.6 is 23.2 Å². The highest BCUT2D eigenvalue weighted by atomic mass is 35.5. The van der Waals surface area contributed by atoms with Crippen LogP contribution in [-0.4, -0.2) is 24.8 Å². The van der Waals surface area contributed by atoms with E-state index in [4.69, 9.17) is 37.8 Å². The Balaban J connectivity index is 2.15. The van der Waals surface area contributed by atoms with Crippen LogP contribution in [0.15, 0.2) is 43.0 Å². The summed E-state index contributed by atoms with van der Waals surface area (Å²) >= 11 is 12.2. The minimum absolute atomic E-state index is 0.0562. The van der Waals surface area contributed by atoms with Gasteiger partial charge in [0.05, 0.1) is 22.7 Å². The quantitative estimate of drug-likeness (QED) is 0.637. The summed E-state index contributed by atoms with van der Waals surface area (Å²) in [6.07, 6.45) is 1.62. The van der Waals surface area contributed by atoms with E-state index in [1.807, 2.05) is 6.07 Å². The Morgan fingerprint density at radius 3 is 2.64 bits per heavy atom. The molecule has 2 aromatic rings. The topological polar surface area (TPSA) is 67.8 Å². The first-order valence-electron chi connectivity index (χ1n) is 7.33. The normalized spacial score (nSPS) is 10.2. The van der Waals surface area contributed by atoms with Gasteiger partial charge in [-0.1, -0.05) is 35.9 Å². The van der Waals surface area contributed by atoms with Gasteiger partial charge < -0.3 is 19.9 Å². The van der Waals surface area contributed by atoms with Gasteiger partial charge in [0.2, 0.25) is 0 Å². The van der Waals surface area contributed by atoms with E-state index < -0.39 is 5.97 Å². The zero-order valence-electron chi connectivity index (χ0n) is 13.5. The SMILES string of the molecule is C=CCOc1c(Cl)cc(CNc2ccc(C(=O)O)c(Cl)c2)cc1OC. The summed E-state index contributed by atoms with van der Waals surface area (Å²) in [5, 5.41) is 12.7. The number of anilines is 1. The molecule has 7 heteroatoms. The summed E-state index contributed by atoms with van der Waals surface area (Å²) in [5.41, 5.74) is 1.61. The lowest BCUT2D eigenvalue weighted by molar-refractivity contribution is 0.0697. The summed E-state index contributed by atoms with van der Waals surface area (Å²) in [5.74, 6) is -0.0877. The molecule has 0 aromatic heterocycles. The van der Waals surface area contributed by atoms with Crippen LogP contribution in [0.5, 0.6) is 11.5 Å². The highest BCUT2D eigenvalue weighted by molar-refractivity contribution is 6.33. The molecule has 2 N–H and O–H groups in total. The molecule has 25 heavy (non-hydrogen) atoms. The zero-order valence-corrected chi connectivity index (χ0v) is 15.0. The Morgan fingerprint density at radius 2 is 2.04 bits per heavy atom. The largest absolute Gasteiger partial charge is 0.493 e. The van der Waals surface area contributed by atoms with Crippen molar-refractivity contribution in [3.8, 4) is 11.5 Å². The van der Waals surface area contributed by atoms with E-state index in [1.54, 1.807) is 24.3 Å². The molecule has 5 nitrogen and oxygen atoms in total. The number of halogens is 2. The smallest absolute Gasteiger partial charge is 0.337 e. The van der Waals surface area contributed by atoms with E-state index in [-0.39, 0.29) is 10.6 Å². The van der Waals surface area contributed by atoms with Crippen molar-refractivity contribution in [1.29, 1.82) is 0 Å². The molecule has 0 saturated carbocycles. The second-order valence-electron chi connectivity index (χ2n) is 5.06. The number of carboxylic acids is 1. The van der Waals surface area contributed by atoms with Gasteiger partial charge in [0.1, 0.15) is 6.61 Å². The maximum atomic E-state index is 11.0. The summed E-state index contributed by atoms with van der Waals surface area (Å²) in [6.45, 7) is 4.37. The van der Waals surface area contributed by atoms with Crippen molar-refractivity contribution in [2.24, 2.45) is 0 Å². The van der Waals surface area contributed by atoms with Crippen molar-refractivity contribution >= 4 is 34.9 Å². The molecule has 2 rings (SSSR count). The fraction of sp³-hybridized carbons (Fsp3) is 0.167. The van der Waals surface area contributed by atoms with Gasteiger partial charge in [0.25, 0.3) is 0 Å². The highest BCUT2D eigenvalue weighted by Crippen LogP contribution is 2.36. The van der Waals surface area contributed by atoms with Crippen molar-refractivity contribution in [2.45, 2.75) is 6.54 Å². The van der Waals surface area contributed by atoms with Gasteiger partial charge in [0, 0.05) is 12.2 Å². The fourth-order valence-electron chi connectivity index (χ4n) is 2.16. The number of hydrogen-bond acceptors (Lipinski definition) is 4. The molecule has 0 aliphatic rings. The van der Waals surface area contributed by atoms with Gasteiger partial charge in [-0.3, -0.25) is 0 Å². The lowest BCUT2D eigenvalue weighted by Crippen LogP contribution is -2.03. The summed E-state index contributed by atoms with van der Waals surface area (Å²) in [4.78, 5) is 11.0. The molecule has 0 fully saturated rings. The molecule has 2 aromatic carbocycles. The maximum absolute atomic E-state index is 11.0. The molecule has 0 saturated heterocycles. The van der Waals surface area contributed by atoms with E-state index in [1.165, 1.54) is 13.2 Å². The van der Waals surface area contributed by atoms with Gasteiger partial charge in [-0.15, -0.1) is 0 Å². The summed E-state index contributed by atoms with van der Waals surface area (Å²) in [7, 11) is 1.54. The Morgan fingerprint density at radius 1 is 1.28 bits per heavy atom. The number of nitrogens with one attached hydrogen (secondary N) is 1. The molecule has 0 unspecified atom stereocenters. The Labute approximate surface area is 155 Å². The van der Waals surface area contributed by atoms with Gasteiger partial charge in [0.15, 0.2) is 11.5 Å². The van der Waals surface area contributed by atoms with E-state index in [0.29, 0.717) is 35.4 Å². The van der Waals surface area contributed by atoms with Crippen LogP contribution in [0.25, 0.3) is 0 Å². The lowest BCUT2D eigenvalue weighted by atomic mass is 10.1. The van der Waals surface area contributed by atoms with Crippen molar-refractivity contribution < 1.29 is 19.4 Å². The average Bonchev–Trinajstić information content (AvgIpc) is 2.58. The van der Waals surface area contributed by atoms with Crippen LogP contribution in [0.4, 0.5) is 5.69 Å².